The zero-order valence-electron chi connectivity index (χ0n) is 15.3. The van der Waals surface area contributed by atoms with Crippen LogP contribution < -0.4 is 10.1 Å². The molecule has 0 saturated heterocycles. The monoisotopic (exact) mass is 393 g/mol. The fourth-order valence-electron chi connectivity index (χ4n) is 3.16. The van der Waals surface area contributed by atoms with Crippen molar-refractivity contribution in [3.63, 3.8) is 0 Å². The van der Waals surface area contributed by atoms with Gasteiger partial charge in [0.05, 0.1) is 12.1 Å². The number of aromatic nitrogens is 2. The van der Waals surface area contributed by atoms with Crippen molar-refractivity contribution in [2.45, 2.75) is 31.9 Å². The largest absolute Gasteiger partial charge is 0.486 e. The van der Waals surface area contributed by atoms with E-state index in [2.05, 4.69) is 15.3 Å². The number of amides is 1. The Morgan fingerprint density at radius 1 is 1.21 bits per heavy atom. The van der Waals surface area contributed by atoms with Crippen molar-refractivity contribution in [2.24, 2.45) is 0 Å². The molecular formula is C21H19N3O3S. The number of Topliss-reactive ketones (excluding diaryl/α,β-unsaturated/α-hetero) is 1. The third-order valence-corrected chi connectivity index (χ3v) is 5.57. The van der Waals surface area contributed by atoms with Crippen molar-refractivity contribution in [1.82, 2.24) is 15.3 Å². The van der Waals surface area contributed by atoms with E-state index in [9.17, 15) is 9.59 Å². The van der Waals surface area contributed by atoms with Crippen LogP contribution in [0.3, 0.4) is 0 Å². The Labute approximate surface area is 166 Å². The molecule has 1 aromatic carbocycles. The van der Waals surface area contributed by atoms with Gasteiger partial charge in [0.1, 0.15) is 17.9 Å². The van der Waals surface area contributed by atoms with Gasteiger partial charge >= 0.3 is 0 Å². The first-order valence-electron chi connectivity index (χ1n) is 9.03. The third kappa shape index (κ3) is 3.94. The number of rotatable bonds is 4. The maximum absolute atomic E-state index is 12.7. The summed E-state index contributed by atoms with van der Waals surface area (Å²) >= 11 is 1.33. The van der Waals surface area contributed by atoms with E-state index in [0.717, 1.165) is 10.4 Å². The van der Waals surface area contributed by atoms with Gasteiger partial charge in [-0.3, -0.25) is 14.6 Å². The number of hydrogen-bond acceptors (Lipinski definition) is 6. The molecule has 0 saturated carbocycles. The number of ether oxygens (including phenoxy) is 1. The Morgan fingerprint density at radius 2 is 2.04 bits per heavy atom. The van der Waals surface area contributed by atoms with Crippen LogP contribution in [0.5, 0.6) is 5.75 Å². The van der Waals surface area contributed by atoms with Crippen LogP contribution >= 0.6 is 11.3 Å². The van der Waals surface area contributed by atoms with Gasteiger partial charge in [0.25, 0.3) is 5.91 Å². The first kappa shape index (κ1) is 18.3. The lowest BCUT2D eigenvalue weighted by molar-refractivity contribution is -0.121. The Kier molecular flexibility index (Phi) is 5.16. The van der Waals surface area contributed by atoms with E-state index in [4.69, 9.17) is 4.74 Å². The van der Waals surface area contributed by atoms with Crippen LogP contribution in [0, 0.1) is 0 Å². The van der Waals surface area contributed by atoms with Crippen LogP contribution in [0.1, 0.15) is 32.9 Å². The minimum atomic E-state index is -0.747. The molecule has 4 rings (SSSR count). The van der Waals surface area contributed by atoms with Crippen LogP contribution in [0.4, 0.5) is 0 Å². The summed E-state index contributed by atoms with van der Waals surface area (Å²) < 4.78 is 5.85. The number of fused-ring (bicyclic) bond motifs is 1. The van der Waals surface area contributed by atoms with Gasteiger partial charge in [-0.05, 0) is 24.6 Å². The van der Waals surface area contributed by atoms with E-state index in [0.29, 0.717) is 22.9 Å². The van der Waals surface area contributed by atoms with Gasteiger partial charge in [-0.15, -0.1) is 11.3 Å². The van der Waals surface area contributed by atoms with Crippen LogP contribution in [-0.2, 0) is 17.6 Å². The summed E-state index contributed by atoms with van der Waals surface area (Å²) in [6, 6.07) is 12.8. The topological polar surface area (TPSA) is 81.2 Å². The quantitative estimate of drug-likeness (QED) is 0.737. The summed E-state index contributed by atoms with van der Waals surface area (Å²) in [5.74, 6) is 0.0934. The number of nitrogens with zero attached hydrogens (tertiary/aromatic N) is 2. The molecule has 0 unspecified atom stereocenters. The fraction of sp³-hybridized carbons (Fsp3) is 0.238. The Hall–Kier alpha value is -3.06. The lowest BCUT2D eigenvalue weighted by Gasteiger charge is -2.21. The first-order valence-corrected chi connectivity index (χ1v) is 9.84. The van der Waals surface area contributed by atoms with E-state index in [1.165, 1.54) is 11.3 Å². The molecular weight excluding hydrogens is 374 g/mol. The molecule has 0 bridgehead atoms. The van der Waals surface area contributed by atoms with Gasteiger partial charge in [-0.2, -0.15) is 0 Å². The van der Waals surface area contributed by atoms with Crippen molar-refractivity contribution in [2.75, 3.05) is 0 Å². The minimum Gasteiger partial charge on any atom is -0.486 e. The van der Waals surface area contributed by atoms with Gasteiger partial charge in [0.15, 0.2) is 10.8 Å². The van der Waals surface area contributed by atoms with Crippen molar-refractivity contribution >= 4 is 23.0 Å². The molecule has 28 heavy (non-hydrogen) atoms. The number of ketones is 1. The van der Waals surface area contributed by atoms with E-state index >= 15 is 0 Å². The molecule has 1 amide bonds. The Bertz CT molecular complexity index is 1000. The average Bonchev–Trinajstić information content (AvgIpc) is 3.12. The van der Waals surface area contributed by atoms with Gasteiger partial charge in [-0.25, -0.2) is 4.98 Å². The second-order valence-electron chi connectivity index (χ2n) is 6.66. The highest BCUT2D eigenvalue weighted by molar-refractivity contribution is 7.13. The van der Waals surface area contributed by atoms with E-state index < -0.39 is 12.1 Å². The minimum absolute atomic E-state index is 0.126. The zero-order valence-corrected chi connectivity index (χ0v) is 16.1. The number of pyridine rings is 1. The molecule has 142 valence electrons. The van der Waals surface area contributed by atoms with Gasteiger partial charge in [-0.1, -0.05) is 30.3 Å². The molecule has 7 heteroatoms. The summed E-state index contributed by atoms with van der Waals surface area (Å²) in [7, 11) is 0. The van der Waals surface area contributed by atoms with Crippen molar-refractivity contribution in [1.29, 1.82) is 0 Å². The van der Waals surface area contributed by atoms with Gasteiger partial charge < -0.3 is 10.1 Å². The third-order valence-electron chi connectivity index (χ3n) is 4.57. The molecule has 0 radical (unpaired) electrons. The average molecular weight is 393 g/mol. The van der Waals surface area contributed by atoms with Crippen LogP contribution in [-0.4, -0.2) is 33.8 Å². The highest BCUT2D eigenvalue weighted by atomic mass is 32.1. The number of nitrogens with one attached hydrogen (secondary N) is 1. The SMILES string of the molecule is C[C@H]1Oc2cccnc2CC(=O)[C@H]1NC(=O)c1ncc(Cc2ccccc2)s1. The number of carbonyl (C=O) groups is 2. The zero-order chi connectivity index (χ0) is 19.5. The molecule has 3 aromatic rings. The normalized spacial score (nSPS) is 18.7. The Balaban J connectivity index is 1.45. The first-order chi connectivity index (χ1) is 13.6. The van der Waals surface area contributed by atoms with Crippen molar-refractivity contribution < 1.29 is 14.3 Å². The van der Waals surface area contributed by atoms with Gasteiger partial charge in [0, 0.05) is 23.7 Å². The molecule has 1 aliphatic heterocycles. The number of benzene rings is 1. The molecule has 0 fully saturated rings. The van der Waals surface area contributed by atoms with Gasteiger partial charge in [0.2, 0.25) is 0 Å². The number of hydrogen-bond donors (Lipinski definition) is 1. The highest BCUT2D eigenvalue weighted by Gasteiger charge is 2.33. The molecule has 6 nitrogen and oxygen atoms in total. The molecule has 2 atom stereocenters. The maximum atomic E-state index is 12.7. The van der Waals surface area contributed by atoms with E-state index in [-0.39, 0.29) is 18.1 Å². The highest BCUT2D eigenvalue weighted by Crippen LogP contribution is 2.24. The molecule has 3 heterocycles. The fourth-order valence-corrected chi connectivity index (χ4v) is 4.01. The Morgan fingerprint density at radius 3 is 2.86 bits per heavy atom. The van der Waals surface area contributed by atoms with Crippen LogP contribution in [0.25, 0.3) is 0 Å². The summed E-state index contributed by atoms with van der Waals surface area (Å²) in [6.45, 7) is 1.77. The summed E-state index contributed by atoms with van der Waals surface area (Å²) in [5.41, 5.74) is 1.75. The molecule has 0 aliphatic carbocycles. The van der Waals surface area contributed by atoms with E-state index in [1.807, 2.05) is 30.3 Å². The summed E-state index contributed by atoms with van der Waals surface area (Å²) in [5, 5.41) is 3.13. The molecule has 0 spiro atoms. The second-order valence-corrected chi connectivity index (χ2v) is 7.77. The van der Waals surface area contributed by atoms with Crippen molar-refractivity contribution in [3.8, 4) is 5.75 Å². The lowest BCUT2D eigenvalue weighted by atomic mass is 10.0. The van der Waals surface area contributed by atoms with Crippen LogP contribution in [0.2, 0.25) is 0 Å². The summed E-state index contributed by atoms with van der Waals surface area (Å²) in [6.07, 6.45) is 3.69. The molecule has 2 aromatic heterocycles. The standard InChI is InChI=1S/C21H19N3O3S/c1-13-19(17(25)11-16-18(27-13)8-5-9-22-16)24-20(26)21-23-12-15(28-21)10-14-6-3-2-4-7-14/h2-9,12-13,19H,10-11H2,1H3,(H,24,26)/t13-,19+/m1/s1. The maximum Gasteiger partial charge on any atom is 0.280 e. The smallest absolute Gasteiger partial charge is 0.280 e. The number of carbonyl (C=O) groups excluding carboxylic acids is 2. The second kappa shape index (κ2) is 7.90. The number of thiazole rings is 1. The molecule has 1 aliphatic rings. The predicted molar refractivity (Wildman–Crippen MR) is 106 cm³/mol. The lowest BCUT2D eigenvalue weighted by Crippen LogP contribution is -2.49. The molecule has 1 N–H and O–H groups in total. The van der Waals surface area contributed by atoms with Crippen molar-refractivity contribution in [3.05, 3.63) is 76.0 Å². The van der Waals surface area contributed by atoms with E-state index in [1.54, 1.807) is 31.5 Å². The van der Waals surface area contributed by atoms with Crippen LogP contribution in [0.15, 0.2) is 54.9 Å². The predicted octanol–water partition coefficient (Wildman–Crippen LogP) is 2.82. The summed E-state index contributed by atoms with van der Waals surface area (Å²) in [4.78, 5) is 34.8.